The maximum atomic E-state index is 10.6. The number of para-hydroxylation sites is 2. The van der Waals surface area contributed by atoms with Crippen molar-refractivity contribution in [2.45, 2.75) is 0 Å². The molecule has 2 aromatic heterocycles. The molecule has 21 heavy (non-hydrogen) atoms. The number of benzene rings is 2. The highest BCUT2D eigenvalue weighted by atomic mass is 16.1. The number of carbonyl (C=O) groups excluding carboxylic acids is 1. The maximum Gasteiger partial charge on any atom is 0.225 e. The normalized spacial score (nSPS) is 11.0. The summed E-state index contributed by atoms with van der Waals surface area (Å²) in [6.45, 7) is 0. The van der Waals surface area contributed by atoms with Crippen LogP contribution in [-0.2, 0) is 4.79 Å². The Kier molecular flexibility index (Phi) is 2.50. The number of hydrazine groups is 1. The molecule has 5 heteroatoms. The highest BCUT2D eigenvalue weighted by Gasteiger charge is 2.13. The van der Waals surface area contributed by atoms with Crippen molar-refractivity contribution in [1.29, 1.82) is 0 Å². The van der Waals surface area contributed by atoms with Gasteiger partial charge in [0.15, 0.2) is 0 Å². The Morgan fingerprint density at radius 1 is 1.00 bits per heavy atom. The highest BCUT2D eigenvalue weighted by molar-refractivity contribution is 6.15. The lowest BCUT2D eigenvalue weighted by atomic mass is 10.1. The van der Waals surface area contributed by atoms with Crippen molar-refractivity contribution < 1.29 is 4.79 Å². The molecule has 0 saturated carbocycles. The van der Waals surface area contributed by atoms with Gasteiger partial charge in [-0.15, -0.1) is 0 Å². The SMILES string of the molecule is O=CNNc1c2ccccc2nc2c1[nH]c1ccccc12. The van der Waals surface area contributed by atoms with Crippen LogP contribution in [0.5, 0.6) is 0 Å². The number of carbonyl (C=O) groups is 1. The van der Waals surface area contributed by atoms with Gasteiger partial charge in [-0.05, 0) is 12.1 Å². The van der Waals surface area contributed by atoms with Gasteiger partial charge >= 0.3 is 0 Å². The molecule has 4 aromatic rings. The van der Waals surface area contributed by atoms with Crippen LogP contribution in [0.2, 0.25) is 0 Å². The number of H-pyrrole nitrogens is 1. The third-order valence-corrected chi connectivity index (χ3v) is 3.59. The molecule has 0 spiro atoms. The third kappa shape index (κ3) is 1.71. The first-order chi connectivity index (χ1) is 10.4. The Bertz CT molecular complexity index is 974. The molecule has 2 aromatic carbocycles. The second-order valence-corrected chi connectivity index (χ2v) is 4.79. The van der Waals surface area contributed by atoms with Crippen LogP contribution in [0.3, 0.4) is 0 Å². The summed E-state index contributed by atoms with van der Waals surface area (Å²) in [5.41, 5.74) is 9.95. The topological polar surface area (TPSA) is 69.8 Å². The van der Waals surface area contributed by atoms with Crippen LogP contribution in [0.15, 0.2) is 48.5 Å². The summed E-state index contributed by atoms with van der Waals surface area (Å²) in [7, 11) is 0. The van der Waals surface area contributed by atoms with Crippen LogP contribution in [0.1, 0.15) is 0 Å². The molecule has 0 saturated heterocycles. The third-order valence-electron chi connectivity index (χ3n) is 3.59. The Hall–Kier alpha value is -3.08. The van der Waals surface area contributed by atoms with E-state index in [0.717, 1.165) is 38.5 Å². The Morgan fingerprint density at radius 3 is 2.62 bits per heavy atom. The lowest BCUT2D eigenvalue weighted by molar-refractivity contribution is -0.109. The quantitative estimate of drug-likeness (QED) is 0.398. The summed E-state index contributed by atoms with van der Waals surface area (Å²) in [6.07, 6.45) is 0.615. The Labute approximate surface area is 120 Å². The van der Waals surface area contributed by atoms with Crippen molar-refractivity contribution in [2.75, 3.05) is 5.43 Å². The standard InChI is InChI=1S/C16H12N4O/c21-9-17-20-15-11-6-2-4-8-13(11)18-14-10-5-1-3-7-12(10)19-16(14)15/h1-9,19H,(H,17,21)(H,18,20). The highest BCUT2D eigenvalue weighted by Crippen LogP contribution is 2.33. The molecule has 0 aliphatic carbocycles. The van der Waals surface area contributed by atoms with Crippen molar-refractivity contribution in [3.63, 3.8) is 0 Å². The number of hydrogen-bond donors (Lipinski definition) is 3. The molecule has 102 valence electrons. The minimum absolute atomic E-state index is 0.615. The van der Waals surface area contributed by atoms with E-state index in [0.29, 0.717) is 6.41 Å². The van der Waals surface area contributed by atoms with Crippen molar-refractivity contribution in [3.8, 4) is 0 Å². The van der Waals surface area contributed by atoms with Crippen LogP contribution in [0.25, 0.3) is 32.8 Å². The van der Waals surface area contributed by atoms with Crippen LogP contribution in [0.4, 0.5) is 5.69 Å². The van der Waals surface area contributed by atoms with E-state index in [9.17, 15) is 4.79 Å². The summed E-state index contributed by atoms with van der Waals surface area (Å²) in [4.78, 5) is 18.7. The van der Waals surface area contributed by atoms with Gasteiger partial charge in [0.1, 0.15) is 0 Å². The number of aromatic nitrogens is 2. The van der Waals surface area contributed by atoms with Gasteiger partial charge in [0.2, 0.25) is 6.41 Å². The lowest BCUT2D eigenvalue weighted by Crippen LogP contribution is -2.19. The molecule has 5 nitrogen and oxygen atoms in total. The fourth-order valence-electron chi connectivity index (χ4n) is 2.69. The van der Waals surface area contributed by atoms with Crippen LogP contribution < -0.4 is 10.9 Å². The van der Waals surface area contributed by atoms with E-state index in [4.69, 9.17) is 4.98 Å². The van der Waals surface area contributed by atoms with Crippen LogP contribution in [0, 0.1) is 0 Å². The van der Waals surface area contributed by atoms with E-state index in [1.54, 1.807) is 0 Å². The van der Waals surface area contributed by atoms with Gasteiger partial charge < -0.3 is 4.98 Å². The number of hydrogen-bond acceptors (Lipinski definition) is 3. The molecule has 4 rings (SSSR count). The molecule has 1 amide bonds. The number of nitrogens with zero attached hydrogens (tertiary/aromatic N) is 1. The van der Waals surface area contributed by atoms with Gasteiger partial charge in [0.05, 0.1) is 22.2 Å². The monoisotopic (exact) mass is 276 g/mol. The minimum Gasteiger partial charge on any atom is -0.351 e. The van der Waals surface area contributed by atoms with Crippen molar-refractivity contribution in [3.05, 3.63) is 48.5 Å². The van der Waals surface area contributed by atoms with Crippen molar-refractivity contribution in [2.24, 2.45) is 0 Å². The number of rotatable bonds is 3. The van der Waals surface area contributed by atoms with Gasteiger partial charge in [-0.3, -0.25) is 15.6 Å². The number of nitrogens with one attached hydrogen (secondary N) is 3. The number of aromatic amines is 1. The lowest BCUT2D eigenvalue weighted by Gasteiger charge is -2.09. The zero-order valence-electron chi connectivity index (χ0n) is 11.1. The summed E-state index contributed by atoms with van der Waals surface area (Å²) >= 11 is 0. The molecule has 0 aliphatic heterocycles. The summed E-state index contributed by atoms with van der Waals surface area (Å²) in [5.74, 6) is 0. The van der Waals surface area contributed by atoms with Crippen LogP contribution in [-0.4, -0.2) is 16.4 Å². The molecule has 0 atom stereocenters. The zero-order valence-corrected chi connectivity index (χ0v) is 11.1. The van der Waals surface area contributed by atoms with Crippen molar-refractivity contribution >= 4 is 44.9 Å². The van der Waals surface area contributed by atoms with Crippen LogP contribution >= 0.6 is 0 Å². The average molecular weight is 276 g/mol. The van der Waals surface area contributed by atoms with Crippen molar-refractivity contribution in [1.82, 2.24) is 15.4 Å². The first-order valence-corrected chi connectivity index (χ1v) is 6.63. The van der Waals surface area contributed by atoms with E-state index in [2.05, 4.69) is 15.8 Å². The fraction of sp³-hybridized carbons (Fsp3) is 0. The predicted molar refractivity (Wildman–Crippen MR) is 83.9 cm³/mol. The molecular weight excluding hydrogens is 264 g/mol. The second kappa shape index (κ2) is 4.49. The molecule has 0 aliphatic rings. The smallest absolute Gasteiger partial charge is 0.225 e. The predicted octanol–water partition coefficient (Wildman–Crippen LogP) is 2.94. The van der Waals surface area contributed by atoms with E-state index in [-0.39, 0.29) is 0 Å². The van der Waals surface area contributed by atoms with Gasteiger partial charge in [-0.2, -0.15) is 0 Å². The molecule has 0 fully saturated rings. The largest absolute Gasteiger partial charge is 0.351 e. The van der Waals surface area contributed by atoms with E-state index < -0.39 is 0 Å². The first kappa shape index (κ1) is 11.7. The van der Waals surface area contributed by atoms with E-state index in [1.165, 1.54) is 0 Å². The molecule has 0 radical (unpaired) electrons. The summed E-state index contributed by atoms with van der Waals surface area (Å²) in [5, 5.41) is 2.01. The summed E-state index contributed by atoms with van der Waals surface area (Å²) < 4.78 is 0. The number of pyridine rings is 1. The van der Waals surface area contributed by atoms with Gasteiger partial charge in [-0.1, -0.05) is 36.4 Å². The van der Waals surface area contributed by atoms with E-state index >= 15 is 0 Å². The average Bonchev–Trinajstić information content (AvgIpc) is 2.90. The van der Waals surface area contributed by atoms with Gasteiger partial charge in [0.25, 0.3) is 0 Å². The van der Waals surface area contributed by atoms with Gasteiger partial charge in [0, 0.05) is 16.3 Å². The molecule has 0 unspecified atom stereocenters. The molecule has 0 bridgehead atoms. The minimum atomic E-state index is 0.615. The molecule has 2 heterocycles. The maximum absolute atomic E-state index is 10.6. The van der Waals surface area contributed by atoms with Gasteiger partial charge in [-0.25, -0.2) is 4.98 Å². The van der Waals surface area contributed by atoms with E-state index in [1.807, 2.05) is 48.5 Å². The Morgan fingerprint density at radius 2 is 1.76 bits per heavy atom. The number of anilines is 1. The fourth-order valence-corrected chi connectivity index (χ4v) is 2.69. The number of fused-ring (bicyclic) bond motifs is 4. The molecule has 3 N–H and O–H groups in total. The first-order valence-electron chi connectivity index (χ1n) is 6.63. The Balaban J connectivity index is 2.17. The zero-order chi connectivity index (χ0) is 14.2. The second-order valence-electron chi connectivity index (χ2n) is 4.79. The molecular formula is C16H12N4O. The summed E-state index contributed by atoms with van der Waals surface area (Å²) in [6, 6.07) is 15.9. The number of amides is 1.